The number of nitrogens with one attached hydrogen (secondary N) is 2. The smallest absolute Gasteiger partial charge is 0.229 e. The molecule has 4 aromatic rings. The van der Waals surface area contributed by atoms with Crippen molar-refractivity contribution in [3.63, 3.8) is 0 Å². The summed E-state index contributed by atoms with van der Waals surface area (Å²) in [6.45, 7) is 0. The molecule has 178 valence electrons. The molecule has 0 spiro atoms. The van der Waals surface area contributed by atoms with Crippen LogP contribution in [0.5, 0.6) is 11.5 Å². The van der Waals surface area contributed by atoms with Crippen LogP contribution in [0.2, 0.25) is 0 Å². The third kappa shape index (κ3) is 4.87. The zero-order valence-corrected chi connectivity index (χ0v) is 19.5. The summed E-state index contributed by atoms with van der Waals surface area (Å²) in [5.74, 6) is 2.56. The number of fused-ring (bicyclic) bond motifs is 1. The molecule has 1 aliphatic carbocycles. The van der Waals surface area contributed by atoms with Crippen LogP contribution in [0, 0.1) is 0 Å². The lowest BCUT2D eigenvalue weighted by atomic mass is 9.88. The van der Waals surface area contributed by atoms with Gasteiger partial charge in [-0.2, -0.15) is 4.98 Å². The monoisotopic (exact) mass is 460 g/mol. The van der Waals surface area contributed by atoms with Crippen LogP contribution in [0.3, 0.4) is 0 Å². The van der Waals surface area contributed by atoms with E-state index < -0.39 is 0 Å². The molecular formula is C26H32N6O2. The van der Waals surface area contributed by atoms with E-state index in [4.69, 9.17) is 9.47 Å². The van der Waals surface area contributed by atoms with E-state index >= 15 is 0 Å². The predicted octanol–water partition coefficient (Wildman–Crippen LogP) is 5.48. The van der Waals surface area contributed by atoms with Crippen LogP contribution in [-0.2, 0) is 0 Å². The fraction of sp³-hybridized carbons (Fsp3) is 0.269. The van der Waals surface area contributed by atoms with Crippen molar-refractivity contribution in [3.05, 3.63) is 67.0 Å². The van der Waals surface area contributed by atoms with Gasteiger partial charge in [0.15, 0.2) is 11.5 Å². The van der Waals surface area contributed by atoms with Gasteiger partial charge in [0.05, 0.1) is 24.5 Å². The minimum absolute atomic E-state index is 0. The van der Waals surface area contributed by atoms with Gasteiger partial charge in [-0.1, -0.05) is 18.2 Å². The highest BCUT2D eigenvalue weighted by molar-refractivity contribution is 5.82. The number of hydrogen-bond acceptors (Lipinski definition) is 8. The minimum Gasteiger partial charge on any atom is -0.493 e. The molecule has 0 unspecified atom stereocenters. The van der Waals surface area contributed by atoms with Crippen molar-refractivity contribution < 1.29 is 12.3 Å². The Morgan fingerprint density at radius 3 is 2.62 bits per heavy atom. The lowest BCUT2D eigenvalue weighted by Gasteiger charge is -2.39. The summed E-state index contributed by atoms with van der Waals surface area (Å²) in [5, 5.41) is 7.61. The average Bonchev–Trinajstić information content (AvgIpc) is 2.81. The first kappa shape index (κ1) is 21.9. The molecule has 0 radical (unpaired) electrons. The lowest BCUT2D eigenvalue weighted by Crippen LogP contribution is -2.46. The maximum absolute atomic E-state index is 6.15. The number of rotatable bonds is 8. The van der Waals surface area contributed by atoms with Crippen LogP contribution in [0.25, 0.3) is 10.9 Å². The van der Waals surface area contributed by atoms with Crippen molar-refractivity contribution >= 4 is 34.0 Å². The second kappa shape index (κ2) is 9.52. The van der Waals surface area contributed by atoms with E-state index in [1.54, 1.807) is 19.5 Å². The van der Waals surface area contributed by atoms with Crippen molar-refractivity contribution in [1.29, 1.82) is 0 Å². The van der Waals surface area contributed by atoms with Gasteiger partial charge >= 0.3 is 0 Å². The van der Waals surface area contributed by atoms with Gasteiger partial charge in [0.2, 0.25) is 5.95 Å². The van der Waals surface area contributed by atoms with Crippen molar-refractivity contribution in [1.82, 2.24) is 19.9 Å². The van der Waals surface area contributed by atoms with Crippen molar-refractivity contribution in [3.8, 4) is 11.5 Å². The number of hydrogen-bond donors (Lipinski definition) is 2. The van der Waals surface area contributed by atoms with E-state index in [0.29, 0.717) is 23.6 Å². The predicted molar refractivity (Wildman–Crippen MR) is 139 cm³/mol. The Balaban J connectivity index is 0.00000180. The molecule has 0 aliphatic heterocycles. The Labute approximate surface area is 201 Å². The second-order valence-electron chi connectivity index (χ2n) is 8.63. The number of nitrogens with zero attached hydrogens (tertiary/aromatic N) is 4. The molecule has 1 saturated carbocycles. The highest BCUT2D eigenvalue weighted by Crippen LogP contribution is 2.36. The number of aromatic nitrogens is 3. The summed E-state index contributed by atoms with van der Waals surface area (Å²) >= 11 is 0. The first-order valence-electron chi connectivity index (χ1n) is 11.3. The molecule has 2 aromatic heterocycles. The Morgan fingerprint density at radius 1 is 0.941 bits per heavy atom. The van der Waals surface area contributed by atoms with Crippen LogP contribution >= 0.6 is 0 Å². The summed E-state index contributed by atoms with van der Waals surface area (Å²) < 4.78 is 11.7. The maximum Gasteiger partial charge on any atom is 0.229 e. The standard InChI is InChI=1S/C26H28N6O2.2H2/c1-32(2)20-14-21(15-20)34-23-9-8-18(13-24(23)33-3)30-26-27-11-10-25(31-26)29-19-12-17-6-4-5-7-22(17)28-16-19;;/h4-13,16,20-21H,14-15H2,1-3H3,(H2,27,29,30,31);2*1H. The number of benzene rings is 2. The van der Waals surface area contributed by atoms with Gasteiger partial charge in [0.25, 0.3) is 0 Å². The minimum atomic E-state index is 0. The van der Waals surface area contributed by atoms with Crippen molar-refractivity contribution in [2.24, 2.45) is 0 Å². The first-order valence-corrected chi connectivity index (χ1v) is 11.3. The molecule has 1 fully saturated rings. The normalized spacial score (nSPS) is 17.3. The quantitative estimate of drug-likeness (QED) is 0.357. The van der Waals surface area contributed by atoms with Gasteiger partial charge in [-0.05, 0) is 57.3 Å². The summed E-state index contributed by atoms with van der Waals surface area (Å²) in [7, 11) is 5.86. The van der Waals surface area contributed by atoms with Gasteiger partial charge in [0, 0.05) is 32.2 Å². The number of ether oxygens (including phenoxy) is 2. The largest absolute Gasteiger partial charge is 0.493 e. The van der Waals surface area contributed by atoms with Gasteiger partial charge in [-0.15, -0.1) is 0 Å². The fourth-order valence-electron chi connectivity index (χ4n) is 3.98. The van der Waals surface area contributed by atoms with Crippen LogP contribution in [-0.4, -0.2) is 53.2 Å². The van der Waals surface area contributed by atoms with Gasteiger partial charge in [-0.3, -0.25) is 4.98 Å². The number of anilines is 4. The van der Waals surface area contributed by atoms with Gasteiger partial charge in [0.1, 0.15) is 11.9 Å². The Kier molecular flexibility index (Phi) is 6.14. The summed E-state index contributed by atoms with van der Waals surface area (Å²) in [5.41, 5.74) is 2.63. The zero-order chi connectivity index (χ0) is 23.5. The molecule has 2 aromatic carbocycles. The van der Waals surface area contributed by atoms with E-state index in [0.717, 1.165) is 40.9 Å². The molecule has 0 atom stereocenters. The van der Waals surface area contributed by atoms with Crippen LogP contribution < -0.4 is 20.1 Å². The summed E-state index contributed by atoms with van der Waals surface area (Å²) in [4.78, 5) is 15.7. The molecule has 8 nitrogen and oxygen atoms in total. The fourth-order valence-corrected chi connectivity index (χ4v) is 3.98. The molecule has 1 aliphatic rings. The van der Waals surface area contributed by atoms with Crippen molar-refractivity contribution in [2.45, 2.75) is 25.0 Å². The average molecular weight is 461 g/mol. The molecule has 8 heteroatoms. The van der Waals surface area contributed by atoms with Crippen LogP contribution in [0.4, 0.5) is 23.1 Å². The Bertz CT molecular complexity index is 1300. The van der Waals surface area contributed by atoms with E-state index in [-0.39, 0.29) is 8.96 Å². The van der Waals surface area contributed by atoms with E-state index in [1.807, 2.05) is 54.6 Å². The van der Waals surface area contributed by atoms with E-state index in [2.05, 4.69) is 44.6 Å². The lowest BCUT2D eigenvalue weighted by molar-refractivity contribution is 0.0383. The molecule has 0 amide bonds. The van der Waals surface area contributed by atoms with Crippen LogP contribution in [0.1, 0.15) is 15.7 Å². The molecule has 2 heterocycles. The molecule has 0 bridgehead atoms. The molecule has 0 saturated heterocycles. The van der Waals surface area contributed by atoms with Crippen LogP contribution in [0.15, 0.2) is 67.0 Å². The number of pyridine rings is 1. The number of methoxy groups -OCH3 is 1. The topological polar surface area (TPSA) is 84.4 Å². The maximum atomic E-state index is 6.15. The number of para-hydroxylation sites is 1. The summed E-state index contributed by atoms with van der Waals surface area (Å²) in [6.07, 6.45) is 5.77. The SMILES string of the molecule is COc1cc(Nc2nccc(Nc3cnc4ccccc4c3)n2)ccc1OC1CC(N(C)C)C1.[HH].[HH]. The highest BCUT2D eigenvalue weighted by Gasteiger charge is 2.32. The third-order valence-electron chi connectivity index (χ3n) is 6.03. The molecule has 5 rings (SSSR count). The first-order chi connectivity index (χ1) is 16.6. The Morgan fingerprint density at radius 2 is 1.79 bits per heavy atom. The van der Waals surface area contributed by atoms with E-state index in [1.165, 1.54) is 0 Å². The highest BCUT2D eigenvalue weighted by atomic mass is 16.5. The van der Waals surface area contributed by atoms with Crippen molar-refractivity contribution in [2.75, 3.05) is 31.8 Å². The van der Waals surface area contributed by atoms with Gasteiger partial charge < -0.3 is 25.0 Å². The molecule has 2 N–H and O–H groups in total. The molecule has 34 heavy (non-hydrogen) atoms. The second-order valence-corrected chi connectivity index (χ2v) is 8.63. The zero-order valence-electron chi connectivity index (χ0n) is 19.5. The van der Waals surface area contributed by atoms with E-state index in [9.17, 15) is 0 Å². The summed E-state index contributed by atoms with van der Waals surface area (Å²) in [6, 6.07) is 18.2. The van der Waals surface area contributed by atoms with Gasteiger partial charge in [-0.25, -0.2) is 4.98 Å². The molecular weight excluding hydrogens is 428 g/mol. The Hall–Kier alpha value is -3.91. The third-order valence-corrected chi connectivity index (χ3v) is 6.03.